The first-order valence-electron chi connectivity index (χ1n) is 13.5. The van der Waals surface area contributed by atoms with Crippen molar-refractivity contribution in [2.45, 2.75) is 53.4 Å². The number of Topliss-reactive ketones (excluding diaryl/α,β-unsaturated/α-hetero) is 1. The highest BCUT2D eigenvalue weighted by Gasteiger charge is 2.20. The highest BCUT2D eigenvalue weighted by molar-refractivity contribution is 5.98. The van der Waals surface area contributed by atoms with Gasteiger partial charge in [-0.15, -0.1) is 0 Å². The van der Waals surface area contributed by atoms with Crippen LogP contribution in [0.15, 0.2) is 57.3 Å². The third-order valence-electron chi connectivity index (χ3n) is 7.09. The molecule has 7 nitrogen and oxygen atoms in total. The van der Waals surface area contributed by atoms with E-state index in [0.29, 0.717) is 47.2 Å². The standard InChI is InChI=1S/C32H37NO6/c1-20(2)8-9-25-15-24(10-13-30(25)38-22(4)34)28(35)17-27-16-26-11-12-29(21(3)31(26)39-32(27)36)37-19-23-7-6-14-33(5)18-23/h8,10-13,15-16,23H,6-7,9,14,17-19H2,1-5H3. The van der Waals surface area contributed by atoms with Gasteiger partial charge in [-0.25, -0.2) is 4.79 Å². The molecular formula is C32H37NO6. The zero-order chi connectivity index (χ0) is 28.1. The molecule has 0 aliphatic carbocycles. The second-order valence-corrected chi connectivity index (χ2v) is 10.7. The van der Waals surface area contributed by atoms with Crippen LogP contribution in [-0.4, -0.2) is 43.4 Å². The van der Waals surface area contributed by atoms with Crippen molar-refractivity contribution < 1.29 is 23.5 Å². The third-order valence-corrected chi connectivity index (χ3v) is 7.09. The fourth-order valence-corrected chi connectivity index (χ4v) is 5.00. The second-order valence-electron chi connectivity index (χ2n) is 10.7. The SMILES string of the molecule is CC(=O)Oc1ccc(C(=O)Cc2cc3ccc(OCC4CCCN(C)C4)c(C)c3oc2=O)cc1CC=C(C)C. The zero-order valence-corrected chi connectivity index (χ0v) is 23.5. The van der Waals surface area contributed by atoms with Gasteiger partial charge in [0.05, 0.1) is 6.61 Å². The lowest BCUT2D eigenvalue weighted by Crippen LogP contribution is -2.34. The maximum absolute atomic E-state index is 13.2. The number of ether oxygens (including phenoxy) is 2. The van der Waals surface area contributed by atoms with Gasteiger partial charge >= 0.3 is 11.6 Å². The summed E-state index contributed by atoms with van der Waals surface area (Å²) in [6.45, 7) is 9.95. The fourth-order valence-electron chi connectivity index (χ4n) is 5.00. The summed E-state index contributed by atoms with van der Waals surface area (Å²) in [6.07, 6.45) is 4.74. The number of nitrogens with zero attached hydrogens (tertiary/aromatic N) is 1. The Balaban J connectivity index is 1.53. The van der Waals surface area contributed by atoms with Crippen LogP contribution in [0.4, 0.5) is 0 Å². The van der Waals surface area contributed by atoms with E-state index in [1.807, 2.05) is 39.0 Å². The van der Waals surface area contributed by atoms with E-state index in [1.165, 1.54) is 13.3 Å². The van der Waals surface area contributed by atoms with E-state index in [1.54, 1.807) is 24.3 Å². The summed E-state index contributed by atoms with van der Waals surface area (Å²) < 4.78 is 17.1. The number of aryl methyl sites for hydroxylation is 1. The number of fused-ring (bicyclic) bond motifs is 1. The van der Waals surface area contributed by atoms with Crippen LogP contribution in [0.1, 0.15) is 60.7 Å². The van der Waals surface area contributed by atoms with Crippen LogP contribution >= 0.6 is 0 Å². The number of carbonyl (C=O) groups excluding carboxylic acids is 2. The van der Waals surface area contributed by atoms with Gasteiger partial charge in [0.15, 0.2) is 5.78 Å². The zero-order valence-electron chi connectivity index (χ0n) is 23.5. The van der Waals surface area contributed by atoms with Crippen LogP contribution in [0.2, 0.25) is 0 Å². The number of esters is 1. The summed E-state index contributed by atoms with van der Waals surface area (Å²) >= 11 is 0. The average molecular weight is 532 g/mol. The predicted molar refractivity (Wildman–Crippen MR) is 152 cm³/mol. The van der Waals surface area contributed by atoms with Crippen molar-refractivity contribution in [1.82, 2.24) is 4.90 Å². The van der Waals surface area contributed by atoms with Crippen LogP contribution in [0.25, 0.3) is 11.0 Å². The summed E-state index contributed by atoms with van der Waals surface area (Å²) in [6, 6.07) is 10.5. The van der Waals surface area contributed by atoms with Gasteiger partial charge < -0.3 is 18.8 Å². The number of rotatable bonds is 9. The summed E-state index contributed by atoms with van der Waals surface area (Å²) in [4.78, 5) is 39.9. The molecule has 0 saturated carbocycles. The lowest BCUT2D eigenvalue weighted by atomic mass is 9.99. The van der Waals surface area contributed by atoms with Crippen molar-refractivity contribution in [2.75, 3.05) is 26.7 Å². The topological polar surface area (TPSA) is 86.1 Å². The molecule has 7 heteroatoms. The normalized spacial score (nSPS) is 15.7. The first-order valence-corrected chi connectivity index (χ1v) is 13.5. The van der Waals surface area contributed by atoms with Gasteiger partial charge in [0.2, 0.25) is 0 Å². The minimum Gasteiger partial charge on any atom is -0.493 e. The van der Waals surface area contributed by atoms with Gasteiger partial charge in [-0.3, -0.25) is 9.59 Å². The van der Waals surface area contributed by atoms with E-state index in [9.17, 15) is 14.4 Å². The first-order chi connectivity index (χ1) is 18.6. The molecule has 0 bridgehead atoms. The molecule has 1 fully saturated rings. The van der Waals surface area contributed by atoms with E-state index in [-0.39, 0.29) is 12.2 Å². The highest BCUT2D eigenvalue weighted by atomic mass is 16.5. The maximum atomic E-state index is 13.2. The minimum atomic E-state index is -0.536. The van der Waals surface area contributed by atoms with Crippen molar-refractivity contribution in [3.63, 3.8) is 0 Å². The number of ketones is 1. The molecule has 2 heterocycles. The Bertz CT molecular complexity index is 1460. The maximum Gasteiger partial charge on any atom is 0.339 e. The van der Waals surface area contributed by atoms with Crippen molar-refractivity contribution >= 4 is 22.7 Å². The Kier molecular flexibility index (Phi) is 9.02. The summed E-state index contributed by atoms with van der Waals surface area (Å²) in [5.41, 5.74) is 3.29. The van der Waals surface area contributed by atoms with Gasteiger partial charge in [0, 0.05) is 47.9 Å². The molecule has 0 amide bonds. The summed E-state index contributed by atoms with van der Waals surface area (Å²) in [7, 11) is 2.13. The smallest absolute Gasteiger partial charge is 0.339 e. The Morgan fingerprint density at radius 1 is 1.08 bits per heavy atom. The number of benzene rings is 2. The van der Waals surface area contributed by atoms with E-state index >= 15 is 0 Å². The molecular weight excluding hydrogens is 494 g/mol. The molecule has 1 unspecified atom stereocenters. The quantitative estimate of drug-likeness (QED) is 0.115. The predicted octanol–water partition coefficient (Wildman–Crippen LogP) is 5.68. The van der Waals surface area contributed by atoms with Gasteiger partial charge in [-0.1, -0.05) is 11.6 Å². The van der Waals surface area contributed by atoms with E-state index in [2.05, 4.69) is 11.9 Å². The molecule has 0 spiro atoms. The fraction of sp³-hybridized carbons (Fsp3) is 0.406. The van der Waals surface area contributed by atoms with Crippen molar-refractivity contribution in [1.29, 1.82) is 0 Å². The largest absolute Gasteiger partial charge is 0.493 e. The molecule has 1 aliphatic heterocycles. The van der Waals surface area contributed by atoms with Gasteiger partial charge in [-0.05, 0) is 95.6 Å². The Morgan fingerprint density at radius 3 is 2.56 bits per heavy atom. The molecule has 1 aromatic heterocycles. The highest BCUT2D eigenvalue weighted by Crippen LogP contribution is 2.29. The number of hydrogen-bond acceptors (Lipinski definition) is 7. The Hall–Kier alpha value is -3.71. The minimum absolute atomic E-state index is 0.0975. The first kappa shape index (κ1) is 28.3. The van der Waals surface area contributed by atoms with Crippen LogP contribution < -0.4 is 15.1 Å². The van der Waals surface area contributed by atoms with Gasteiger partial charge in [0.1, 0.15) is 17.1 Å². The lowest BCUT2D eigenvalue weighted by molar-refractivity contribution is -0.131. The van der Waals surface area contributed by atoms with Crippen molar-refractivity contribution in [3.05, 3.63) is 80.7 Å². The van der Waals surface area contributed by atoms with E-state index < -0.39 is 11.6 Å². The second kappa shape index (κ2) is 12.4. The van der Waals surface area contributed by atoms with Crippen LogP contribution in [0.3, 0.4) is 0 Å². The van der Waals surface area contributed by atoms with Crippen LogP contribution in [0.5, 0.6) is 11.5 Å². The Morgan fingerprint density at radius 2 is 1.85 bits per heavy atom. The van der Waals surface area contributed by atoms with Gasteiger partial charge in [-0.2, -0.15) is 0 Å². The van der Waals surface area contributed by atoms with Crippen LogP contribution in [0, 0.1) is 12.8 Å². The third kappa shape index (κ3) is 7.24. The van der Waals surface area contributed by atoms with Crippen LogP contribution in [-0.2, 0) is 17.6 Å². The molecule has 0 N–H and O–H groups in total. The molecule has 1 atom stereocenters. The average Bonchev–Trinajstić information content (AvgIpc) is 2.88. The number of carbonyl (C=O) groups is 2. The molecule has 39 heavy (non-hydrogen) atoms. The molecule has 0 radical (unpaired) electrons. The van der Waals surface area contributed by atoms with Crippen molar-refractivity contribution in [3.8, 4) is 11.5 Å². The number of piperidine rings is 1. The molecule has 1 aliphatic rings. The monoisotopic (exact) mass is 531 g/mol. The number of likely N-dealkylation sites (tertiary alicyclic amines) is 1. The molecule has 1 saturated heterocycles. The summed E-state index contributed by atoms with van der Waals surface area (Å²) in [5.74, 6) is 0.963. The Labute approximate surface area is 229 Å². The summed E-state index contributed by atoms with van der Waals surface area (Å²) in [5, 5.41) is 0.745. The molecule has 3 aromatic rings. The van der Waals surface area contributed by atoms with E-state index in [0.717, 1.165) is 41.6 Å². The van der Waals surface area contributed by atoms with Crippen molar-refractivity contribution in [2.24, 2.45) is 5.92 Å². The number of allylic oxidation sites excluding steroid dienone is 2. The molecule has 4 rings (SSSR count). The molecule has 206 valence electrons. The van der Waals surface area contributed by atoms with Gasteiger partial charge in [0.25, 0.3) is 0 Å². The van der Waals surface area contributed by atoms with E-state index in [4.69, 9.17) is 13.9 Å². The number of hydrogen-bond donors (Lipinski definition) is 0. The molecule has 2 aromatic carbocycles. The lowest BCUT2D eigenvalue weighted by Gasteiger charge is -2.29.